The molecule has 0 aromatic rings. The van der Waals surface area contributed by atoms with Gasteiger partial charge in [-0.3, -0.25) is 9.36 Å². The van der Waals surface area contributed by atoms with Gasteiger partial charge in [0.05, 0.1) is 25.4 Å². The van der Waals surface area contributed by atoms with Crippen LogP contribution in [0.2, 0.25) is 36.3 Å². The molecule has 0 aromatic carbocycles. The van der Waals surface area contributed by atoms with E-state index in [4.69, 9.17) is 17.9 Å². The Morgan fingerprint density at radius 3 is 2.08 bits per heavy atom. The van der Waals surface area contributed by atoms with E-state index in [9.17, 15) is 9.36 Å². The topological polar surface area (TPSA) is 71.1 Å². The van der Waals surface area contributed by atoms with Gasteiger partial charge in [-0.05, 0) is 135 Å². The fourth-order valence-corrected chi connectivity index (χ4v) is 13.2. The van der Waals surface area contributed by atoms with Crippen molar-refractivity contribution in [1.29, 1.82) is 0 Å². The maximum Gasteiger partial charge on any atom is 0.341 e. The summed E-state index contributed by atoms with van der Waals surface area (Å²) in [5.74, 6) is 1.06. The highest BCUT2D eigenvalue weighted by atomic mass is 31.2. The van der Waals surface area contributed by atoms with Gasteiger partial charge in [-0.2, -0.15) is 0 Å². The van der Waals surface area contributed by atoms with E-state index in [1.54, 1.807) is 25.5 Å². The van der Waals surface area contributed by atoms with Crippen molar-refractivity contribution in [3.8, 4) is 0 Å². The molecule has 3 aliphatic carbocycles. The Labute approximate surface area is 321 Å². The molecule has 0 amide bonds. The van der Waals surface area contributed by atoms with Crippen molar-refractivity contribution in [2.45, 2.75) is 182 Å². The van der Waals surface area contributed by atoms with Crippen molar-refractivity contribution in [2.75, 3.05) is 13.2 Å². The molecule has 3 rings (SSSR count). The number of ketones is 1. The summed E-state index contributed by atoms with van der Waals surface area (Å²) in [6.07, 6.45) is 16.6. The van der Waals surface area contributed by atoms with Crippen LogP contribution in [-0.2, 0) is 27.3 Å². The molecule has 0 saturated heterocycles. The van der Waals surface area contributed by atoms with Crippen LogP contribution in [-0.4, -0.2) is 53.5 Å². The van der Waals surface area contributed by atoms with Crippen LogP contribution in [0.25, 0.3) is 0 Å². The van der Waals surface area contributed by atoms with Crippen molar-refractivity contribution in [2.24, 2.45) is 23.2 Å². The Bertz CT molecular complexity index is 1390. The van der Waals surface area contributed by atoms with Crippen LogP contribution in [0.15, 0.2) is 47.6 Å². The van der Waals surface area contributed by atoms with E-state index in [1.807, 2.05) is 6.92 Å². The highest BCUT2D eigenvalue weighted by Gasteiger charge is 2.51. The molecule has 298 valence electrons. The van der Waals surface area contributed by atoms with Crippen LogP contribution in [0.3, 0.4) is 0 Å². The summed E-state index contributed by atoms with van der Waals surface area (Å²) in [5.41, 5.74) is 3.36. The molecule has 9 heteroatoms. The molecule has 3 fully saturated rings. The smallest absolute Gasteiger partial charge is 0.341 e. The van der Waals surface area contributed by atoms with Gasteiger partial charge < -0.3 is 17.9 Å². The standard InChI is InChI=1S/C43H77O6PSi2/c1-17-40(50(45,46-18-2)47-19-3)38(44)27-22-31(4)36-25-26-37-33(21-20-28-43(36,37)12)23-24-34-29-35(48-51(13,14)41(6,7)8)30-39(32(34)5)49-52(15,16)42(9,10)11/h22-24,27,31,35-37,39-40H,5,17-21,25-26,28-30H2,1-4,6-16H3/t31-,35-,36-,37?,39+,40?,43-/m1/s1. The first-order chi connectivity index (χ1) is 23.9. The lowest BCUT2D eigenvalue weighted by molar-refractivity contribution is -0.114. The Morgan fingerprint density at radius 2 is 1.54 bits per heavy atom. The second kappa shape index (κ2) is 17.5. The number of allylic oxidation sites excluding steroid dienone is 5. The average Bonchev–Trinajstić information content (AvgIpc) is 3.37. The van der Waals surface area contributed by atoms with Crippen LogP contribution in [0, 0.1) is 23.2 Å². The van der Waals surface area contributed by atoms with Crippen molar-refractivity contribution in [3.63, 3.8) is 0 Å². The minimum Gasteiger partial charge on any atom is -0.413 e. The van der Waals surface area contributed by atoms with Gasteiger partial charge in [0, 0.05) is 6.42 Å². The Morgan fingerprint density at radius 1 is 0.962 bits per heavy atom. The Kier molecular flexibility index (Phi) is 15.3. The Balaban J connectivity index is 1.88. The summed E-state index contributed by atoms with van der Waals surface area (Å²) in [6, 6.07) is 0. The van der Waals surface area contributed by atoms with Gasteiger partial charge in [-0.25, -0.2) is 0 Å². The molecule has 7 atom stereocenters. The molecule has 3 saturated carbocycles. The fraction of sp³-hybridized carbons (Fsp3) is 0.791. The number of rotatable bonds is 15. The maximum atomic E-state index is 13.5. The largest absolute Gasteiger partial charge is 0.413 e. The van der Waals surface area contributed by atoms with Crippen molar-refractivity contribution in [3.05, 3.63) is 47.6 Å². The normalized spacial score (nSPS) is 29.6. The van der Waals surface area contributed by atoms with Gasteiger partial charge in [-0.15, -0.1) is 0 Å². The van der Waals surface area contributed by atoms with Gasteiger partial charge in [0.15, 0.2) is 22.4 Å². The highest BCUT2D eigenvalue weighted by molar-refractivity contribution is 7.55. The van der Waals surface area contributed by atoms with E-state index >= 15 is 0 Å². The third-order valence-corrected chi connectivity index (χ3v) is 25.3. The van der Waals surface area contributed by atoms with Crippen LogP contribution in [0.5, 0.6) is 0 Å². The summed E-state index contributed by atoms with van der Waals surface area (Å²) in [4.78, 5) is 13.4. The van der Waals surface area contributed by atoms with Gasteiger partial charge >= 0.3 is 7.60 Å². The van der Waals surface area contributed by atoms with Gasteiger partial charge in [0.25, 0.3) is 0 Å². The first-order valence-corrected chi connectivity index (χ1v) is 27.9. The maximum absolute atomic E-state index is 13.5. The molecule has 3 aliphatic rings. The summed E-state index contributed by atoms with van der Waals surface area (Å²) >= 11 is 0. The zero-order valence-electron chi connectivity index (χ0n) is 35.9. The predicted octanol–water partition coefficient (Wildman–Crippen LogP) is 13.0. The van der Waals surface area contributed by atoms with Crippen molar-refractivity contribution in [1.82, 2.24) is 0 Å². The molecular weight excluding hydrogens is 700 g/mol. The summed E-state index contributed by atoms with van der Waals surface area (Å²) in [5, 5.41) is 0.255. The van der Waals surface area contributed by atoms with Gasteiger partial charge in [0.1, 0.15) is 5.66 Å². The first-order valence-electron chi connectivity index (χ1n) is 20.4. The van der Waals surface area contributed by atoms with E-state index in [0.717, 1.165) is 31.3 Å². The quantitative estimate of drug-likeness (QED) is 0.0937. The molecule has 0 N–H and O–H groups in total. The molecule has 0 aromatic heterocycles. The van der Waals surface area contributed by atoms with E-state index in [2.05, 4.69) is 106 Å². The number of hydrogen-bond acceptors (Lipinski definition) is 6. The van der Waals surface area contributed by atoms with E-state index in [0.29, 0.717) is 18.3 Å². The molecule has 0 heterocycles. The zero-order valence-corrected chi connectivity index (χ0v) is 38.8. The molecule has 2 unspecified atom stereocenters. The van der Waals surface area contributed by atoms with Crippen molar-refractivity contribution >= 4 is 30.0 Å². The van der Waals surface area contributed by atoms with Crippen LogP contribution >= 0.6 is 7.60 Å². The SMILES string of the molecule is C=C1C(=CC=C2CCC[C@@]3(C)C2CC[C@@H]3[C@H](C)C=CC(=O)C(CC)P(=O)(OCC)OCC)C[C@@H](O[Si](C)(C)C(C)(C)C)C[C@@H]1O[Si](C)(C)C(C)(C)C. The number of carbonyl (C=O) groups excluding carboxylic acids is 1. The monoisotopic (exact) mass is 776 g/mol. The minimum atomic E-state index is -3.52. The number of fused-ring (bicyclic) bond motifs is 1. The second-order valence-electron chi connectivity index (χ2n) is 19.3. The molecule has 52 heavy (non-hydrogen) atoms. The molecule has 0 radical (unpaired) electrons. The average molecular weight is 777 g/mol. The van der Waals surface area contributed by atoms with Gasteiger partial charge in [-0.1, -0.05) is 92.7 Å². The highest BCUT2D eigenvalue weighted by Crippen LogP contribution is 2.60. The predicted molar refractivity (Wildman–Crippen MR) is 225 cm³/mol. The van der Waals surface area contributed by atoms with Gasteiger partial charge in [0.2, 0.25) is 0 Å². The third kappa shape index (κ3) is 10.3. The summed E-state index contributed by atoms with van der Waals surface area (Å²) in [6.45, 7) is 38.7. The minimum absolute atomic E-state index is 0.0276. The molecule has 0 aliphatic heterocycles. The summed E-state index contributed by atoms with van der Waals surface area (Å²) < 4.78 is 38.8. The van der Waals surface area contributed by atoms with E-state index in [-0.39, 0.29) is 52.6 Å². The van der Waals surface area contributed by atoms with Crippen molar-refractivity contribution < 1.29 is 27.3 Å². The van der Waals surface area contributed by atoms with Crippen LogP contribution < -0.4 is 0 Å². The molecule has 0 spiro atoms. The van der Waals surface area contributed by atoms with Crippen LogP contribution in [0.1, 0.15) is 128 Å². The third-order valence-electron chi connectivity index (χ3n) is 13.7. The second-order valence-corrected chi connectivity index (χ2v) is 31.0. The number of carbonyl (C=O) groups is 1. The number of hydrogen-bond donors (Lipinski definition) is 0. The molecule has 6 nitrogen and oxygen atoms in total. The zero-order chi connectivity index (χ0) is 39.5. The lowest BCUT2D eigenvalue weighted by Crippen LogP contribution is -2.49. The molecular formula is C43H77O6PSi2. The lowest BCUT2D eigenvalue weighted by Gasteiger charge is -2.45. The first kappa shape index (κ1) is 45.5. The molecule has 0 bridgehead atoms. The summed E-state index contributed by atoms with van der Waals surface area (Å²) in [7, 11) is -7.53. The Hall–Kier alpha value is -0.866. The fourth-order valence-electron chi connectivity index (χ4n) is 8.56. The van der Waals surface area contributed by atoms with E-state index < -0.39 is 29.9 Å². The van der Waals surface area contributed by atoms with Crippen LogP contribution in [0.4, 0.5) is 0 Å². The lowest BCUT2D eigenvalue weighted by atomic mass is 9.61. The van der Waals surface area contributed by atoms with E-state index in [1.165, 1.54) is 24.8 Å².